The van der Waals surface area contributed by atoms with Crippen LogP contribution in [-0.2, 0) is 0 Å². The van der Waals surface area contributed by atoms with Crippen LogP contribution < -0.4 is 5.32 Å². The Balaban J connectivity index is 2.29. The maximum atomic E-state index is 14.1. The molecule has 1 atom stereocenters. The van der Waals surface area contributed by atoms with E-state index in [4.69, 9.17) is 5.26 Å². The second-order valence-electron chi connectivity index (χ2n) is 3.98. The molecule has 0 radical (unpaired) electrons. The van der Waals surface area contributed by atoms with Crippen LogP contribution >= 0.6 is 15.9 Å². The smallest absolute Gasteiger partial charge is 0.161 e. The van der Waals surface area contributed by atoms with Crippen molar-refractivity contribution in [2.24, 2.45) is 0 Å². The van der Waals surface area contributed by atoms with Crippen LogP contribution in [0.1, 0.15) is 30.8 Å². The maximum absolute atomic E-state index is 14.1. The maximum Gasteiger partial charge on any atom is 0.161 e. The summed E-state index contributed by atoms with van der Waals surface area (Å²) in [6.45, 7) is 1.98. The Morgan fingerprint density at radius 1 is 1.58 bits per heavy atom. The number of aromatic amines is 1. The van der Waals surface area contributed by atoms with E-state index in [0.29, 0.717) is 5.69 Å². The zero-order valence-corrected chi connectivity index (χ0v) is 11.8. The molecule has 0 aliphatic heterocycles. The highest BCUT2D eigenvalue weighted by molar-refractivity contribution is 9.10. The molecule has 0 aliphatic rings. The number of rotatable bonds is 4. The largest absolute Gasteiger partial charge is 0.373 e. The highest BCUT2D eigenvalue weighted by Gasteiger charge is 2.16. The monoisotopic (exact) mass is 322 g/mol. The number of nitriles is 1. The van der Waals surface area contributed by atoms with Crippen LogP contribution in [-0.4, -0.2) is 9.97 Å². The van der Waals surface area contributed by atoms with Gasteiger partial charge in [-0.25, -0.2) is 9.37 Å². The molecule has 1 unspecified atom stereocenters. The highest BCUT2D eigenvalue weighted by Crippen LogP contribution is 2.29. The lowest BCUT2D eigenvalue weighted by Gasteiger charge is -2.17. The molecule has 1 heterocycles. The van der Waals surface area contributed by atoms with Crippen molar-refractivity contribution in [1.82, 2.24) is 9.97 Å². The van der Waals surface area contributed by atoms with Crippen molar-refractivity contribution in [3.8, 4) is 6.07 Å². The van der Waals surface area contributed by atoms with Crippen molar-refractivity contribution in [2.75, 3.05) is 5.32 Å². The second kappa shape index (κ2) is 5.85. The Morgan fingerprint density at radius 3 is 2.95 bits per heavy atom. The second-order valence-corrected chi connectivity index (χ2v) is 4.77. The number of benzene rings is 1. The molecule has 0 amide bonds. The predicted molar refractivity (Wildman–Crippen MR) is 74.1 cm³/mol. The van der Waals surface area contributed by atoms with Gasteiger partial charge in [0.15, 0.2) is 5.82 Å². The Bertz CT molecular complexity index is 604. The van der Waals surface area contributed by atoms with Crippen molar-refractivity contribution in [1.29, 1.82) is 5.26 Å². The van der Waals surface area contributed by atoms with Crippen molar-refractivity contribution < 1.29 is 4.39 Å². The molecule has 2 N–H and O–H groups in total. The molecule has 2 rings (SSSR count). The third-order valence-electron chi connectivity index (χ3n) is 2.79. The zero-order chi connectivity index (χ0) is 13.8. The summed E-state index contributed by atoms with van der Waals surface area (Å²) in [6.07, 6.45) is 4.14. The van der Waals surface area contributed by atoms with Crippen molar-refractivity contribution in [3.63, 3.8) is 0 Å². The number of H-pyrrole nitrogens is 1. The van der Waals surface area contributed by atoms with Gasteiger partial charge in [-0.05, 0) is 34.5 Å². The van der Waals surface area contributed by atoms with Crippen LogP contribution in [0.4, 0.5) is 10.1 Å². The molecule has 1 aromatic heterocycles. The van der Waals surface area contributed by atoms with Gasteiger partial charge in [0.05, 0.1) is 21.8 Å². The number of nitrogens with zero attached hydrogens (tertiary/aromatic N) is 2. The number of anilines is 1. The number of nitrogens with one attached hydrogen (secondary N) is 2. The molecule has 0 spiro atoms. The molecule has 0 saturated carbocycles. The highest BCUT2D eigenvalue weighted by atomic mass is 79.9. The van der Waals surface area contributed by atoms with E-state index < -0.39 is 5.82 Å². The average Bonchev–Trinajstić information content (AvgIpc) is 2.94. The van der Waals surface area contributed by atoms with E-state index in [2.05, 4.69) is 31.2 Å². The van der Waals surface area contributed by atoms with Gasteiger partial charge >= 0.3 is 0 Å². The summed E-state index contributed by atoms with van der Waals surface area (Å²) in [7, 11) is 0. The third-order valence-corrected chi connectivity index (χ3v) is 3.57. The lowest BCUT2D eigenvalue weighted by molar-refractivity contribution is 0.614. The molecular weight excluding hydrogens is 311 g/mol. The normalized spacial score (nSPS) is 11.9. The van der Waals surface area contributed by atoms with Crippen LogP contribution in [0.2, 0.25) is 0 Å². The Morgan fingerprint density at radius 2 is 2.37 bits per heavy atom. The third kappa shape index (κ3) is 2.76. The van der Waals surface area contributed by atoms with Crippen LogP contribution in [0.25, 0.3) is 0 Å². The predicted octanol–water partition coefficient (Wildman–Crippen LogP) is 3.75. The minimum absolute atomic E-state index is 0.107. The fourth-order valence-electron chi connectivity index (χ4n) is 1.77. The Hall–Kier alpha value is -1.87. The van der Waals surface area contributed by atoms with Gasteiger partial charge in [-0.3, -0.25) is 0 Å². The Kier molecular flexibility index (Phi) is 4.17. The first kappa shape index (κ1) is 13.6. The van der Waals surface area contributed by atoms with Gasteiger partial charge in [-0.15, -0.1) is 0 Å². The van der Waals surface area contributed by atoms with Crippen LogP contribution in [0.15, 0.2) is 29.0 Å². The van der Waals surface area contributed by atoms with E-state index in [9.17, 15) is 4.39 Å². The van der Waals surface area contributed by atoms with Crippen LogP contribution in [0.3, 0.4) is 0 Å². The fourth-order valence-corrected chi connectivity index (χ4v) is 2.20. The fraction of sp³-hybridized carbons (Fsp3) is 0.231. The number of halogens is 2. The molecule has 98 valence electrons. The molecule has 0 aliphatic carbocycles. The summed E-state index contributed by atoms with van der Waals surface area (Å²) < 4.78 is 14.3. The van der Waals surface area contributed by atoms with Crippen molar-refractivity contribution in [2.45, 2.75) is 19.4 Å². The van der Waals surface area contributed by atoms with E-state index in [1.807, 2.05) is 13.0 Å². The average molecular weight is 323 g/mol. The molecule has 2 aromatic rings. The van der Waals surface area contributed by atoms with Crippen molar-refractivity contribution >= 4 is 21.6 Å². The lowest BCUT2D eigenvalue weighted by atomic mass is 10.1. The van der Waals surface area contributed by atoms with Crippen molar-refractivity contribution in [3.05, 3.63) is 46.2 Å². The van der Waals surface area contributed by atoms with Crippen LogP contribution in [0, 0.1) is 17.1 Å². The summed E-state index contributed by atoms with van der Waals surface area (Å²) >= 11 is 3.09. The van der Waals surface area contributed by atoms with E-state index in [1.54, 1.807) is 24.5 Å². The summed E-state index contributed by atoms with van der Waals surface area (Å²) in [4.78, 5) is 7.17. The van der Waals surface area contributed by atoms with E-state index in [1.165, 1.54) is 0 Å². The molecule has 0 fully saturated rings. The molecule has 4 nitrogen and oxygen atoms in total. The van der Waals surface area contributed by atoms with E-state index in [0.717, 1.165) is 12.2 Å². The summed E-state index contributed by atoms with van der Waals surface area (Å²) in [5.41, 5.74) is 0.614. The number of imidazole rings is 1. The molecule has 1 aromatic carbocycles. The summed E-state index contributed by atoms with van der Waals surface area (Å²) in [5, 5.41) is 11.9. The Labute approximate surface area is 118 Å². The standard InChI is InChI=1S/C13H12BrFN4/c1-2-9(13-17-5-6-18-13)19-10-4-3-8(7-16)11(14)12(10)15/h3-6,9,19H,2H2,1H3,(H,17,18). The number of hydrogen-bond donors (Lipinski definition) is 2. The summed E-state index contributed by atoms with van der Waals surface area (Å²) in [5.74, 6) is 0.284. The van der Waals surface area contributed by atoms with E-state index >= 15 is 0 Å². The molecule has 6 heteroatoms. The van der Waals surface area contributed by atoms with Gasteiger partial charge in [0, 0.05) is 12.4 Å². The van der Waals surface area contributed by atoms with Gasteiger partial charge in [0.25, 0.3) is 0 Å². The first-order valence-electron chi connectivity index (χ1n) is 5.81. The van der Waals surface area contributed by atoms with Crippen LogP contribution in [0.5, 0.6) is 0 Å². The molecular formula is C13H12BrFN4. The van der Waals surface area contributed by atoms with Gasteiger partial charge in [-0.1, -0.05) is 6.92 Å². The minimum Gasteiger partial charge on any atom is -0.373 e. The SMILES string of the molecule is CCC(Nc1ccc(C#N)c(Br)c1F)c1ncc[nH]1. The molecule has 19 heavy (non-hydrogen) atoms. The first-order chi connectivity index (χ1) is 9.17. The lowest BCUT2D eigenvalue weighted by Crippen LogP contribution is -2.12. The number of hydrogen-bond acceptors (Lipinski definition) is 3. The molecule has 0 saturated heterocycles. The van der Waals surface area contributed by atoms with Gasteiger partial charge in [0.2, 0.25) is 0 Å². The van der Waals surface area contributed by atoms with Gasteiger partial charge in [0.1, 0.15) is 11.9 Å². The summed E-state index contributed by atoms with van der Waals surface area (Å²) in [6, 6.07) is 4.95. The van der Waals surface area contributed by atoms with Gasteiger partial charge < -0.3 is 10.3 Å². The minimum atomic E-state index is -0.468. The van der Waals surface area contributed by atoms with Gasteiger partial charge in [-0.2, -0.15) is 5.26 Å². The van der Waals surface area contributed by atoms with E-state index in [-0.39, 0.29) is 16.1 Å². The topological polar surface area (TPSA) is 64.5 Å². The molecule has 0 bridgehead atoms. The number of aromatic nitrogens is 2. The first-order valence-corrected chi connectivity index (χ1v) is 6.60. The zero-order valence-electron chi connectivity index (χ0n) is 10.2. The quantitative estimate of drug-likeness (QED) is 0.901.